The van der Waals surface area contributed by atoms with Gasteiger partial charge in [0, 0.05) is 16.8 Å². The number of benzene rings is 1. The number of aromatic carboxylic acids is 1. The third kappa shape index (κ3) is 3.70. The molecule has 1 aromatic carbocycles. The van der Waals surface area contributed by atoms with E-state index in [-0.39, 0.29) is 23.2 Å². The van der Waals surface area contributed by atoms with Gasteiger partial charge in [-0.25, -0.2) is 9.78 Å². The van der Waals surface area contributed by atoms with Gasteiger partial charge >= 0.3 is 12.0 Å². The van der Waals surface area contributed by atoms with Crippen LogP contribution in [0.15, 0.2) is 24.3 Å². The normalized spacial score (nSPS) is 10.7. The number of halogens is 1. The van der Waals surface area contributed by atoms with Gasteiger partial charge in [0.25, 0.3) is 0 Å². The molecule has 2 aromatic rings. The van der Waals surface area contributed by atoms with E-state index >= 15 is 0 Å². The summed E-state index contributed by atoms with van der Waals surface area (Å²) in [6.45, 7) is 5.84. The molecule has 1 aromatic heterocycles. The quantitative estimate of drug-likeness (QED) is 0.922. The molecule has 0 saturated carbocycles. The van der Waals surface area contributed by atoms with Gasteiger partial charge in [-0.1, -0.05) is 25.4 Å². The van der Waals surface area contributed by atoms with Gasteiger partial charge in [-0.15, -0.1) is 0 Å². The minimum Gasteiger partial charge on any atom is -0.478 e. The maximum atomic E-state index is 11.2. The number of aromatic nitrogens is 2. The van der Waals surface area contributed by atoms with Crippen LogP contribution in [0.3, 0.4) is 0 Å². The molecule has 0 atom stereocenters. The van der Waals surface area contributed by atoms with Gasteiger partial charge in [0.15, 0.2) is 0 Å². The van der Waals surface area contributed by atoms with Crippen molar-refractivity contribution >= 4 is 17.6 Å². The summed E-state index contributed by atoms with van der Waals surface area (Å²) >= 11 is 5.89. The van der Waals surface area contributed by atoms with Crippen LogP contribution in [0.4, 0.5) is 0 Å². The van der Waals surface area contributed by atoms with Crippen molar-refractivity contribution in [2.45, 2.75) is 26.7 Å². The number of ether oxygens (including phenoxy) is 1. The molecule has 1 N–H and O–H groups in total. The fraction of sp³-hybridized carbons (Fsp3) is 0.267. The highest BCUT2D eigenvalue weighted by atomic mass is 35.5. The lowest BCUT2D eigenvalue weighted by atomic mass is 10.1. The van der Waals surface area contributed by atoms with E-state index in [9.17, 15) is 4.79 Å². The summed E-state index contributed by atoms with van der Waals surface area (Å²) in [5.41, 5.74) is 1.59. The second kappa shape index (κ2) is 6.10. The van der Waals surface area contributed by atoms with Crippen LogP contribution in [0.25, 0.3) is 0 Å². The number of hydrogen-bond donors (Lipinski definition) is 1. The van der Waals surface area contributed by atoms with Crippen molar-refractivity contribution in [2.75, 3.05) is 0 Å². The lowest BCUT2D eigenvalue weighted by Crippen LogP contribution is -2.04. The zero-order valence-electron chi connectivity index (χ0n) is 11.9. The van der Waals surface area contributed by atoms with E-state index in [1.54, 1.807) is 0 Å². The van der Waals surface area contributed by atoms with Gasteiger partial charge in [0.1, 0.15) is 11.3 Å². The molecule has 5 nitrogen and oxygen atoms in total. The molecule has 1 heterocycles. The van der Waals surface area contributed by atoms with Gasteiger partial charge in [-0.05, 0) is 31.0 Å². The Morgan fingerprint density at radius 1 is 1.29 bits per heavy atom. The Bertz CT molecular complexity index is 687. The summed E-state index contributed by atoms with van der Waals surface area (Å²) in [4.78, 5) is 19.7. The molecule has 21 heavy (non-hydrogen) atoms. The Balaban J connectivity index is 2.42. The molecule has 0 aliphatic heterocycles. The average Bonchev–Trinajstić information content (AvgIpc) is 2.37. The summed E-state index contributed by atoms with van der Waals surface area (Å²) in [6.07, 6.45) is 0. The van der Waals surface area contributed by atoms with Crippen LogP contribution in [0, 0.1) is 6.92 Å². The van der Waals surface area contributed by atoms with Crippen molar-refractivity contribution in [2.24, 2.45) is 0 Å². The van der Waals surface area contributed by atoms with Crippen molar-refractivity contribution < 1.29 is 14.6 Å². The predicted molar refractivity (Wildman–Crippen MR) is 79.3 cm³/mol. The third-order valence-electron chi connectivity index (χ3n) is 2.82. The molecule has 0 saturated heterocycles. The van der Waals surface area contributed by atoms with E-state index in [4.69, 9.17) is 21.4 Å². The molecule has 0 fully saturated rings. The Morgan fingerprint density at radius 3 is 2.62 bits per heavy atom. The summed E-state index contributed by atoms with van der Waals surface area (Å²) in [5.74, 6) is -0.763. The molecule has 0 unspecified atom stereocenters. The van der Waals surface area contributed by atoms with Crippen LogP contribution < -0.4 is 4.74 Å². The average molecular weight is 307 g/mol. The van der Waals surface area contributed by atoms with Crippen molar-refractivity contribution in [3.63, 3.8) is 0 Å². The summed E-state index contributed by atoms with van der Waals surface area (Å²) in [5, 5.41) is 9.55. The molecule has 2 rings (SSSR count). The molecule has 0 aliphatic carbocycles. The lowest BCUT2D eigenvalue weighted by Gasteiger charge is -2.11. The van der Waals surface area contributed by atoms with Crippen LogP contribution in [-0.4, -0.2) is 21.0 Å². The maximum absolute atomic E-state index is 11.2. The second-order valence-electron chi connectivity index (χ2n) is 4.92. The van der Waals surface area contributed by atoms with Crippen molar-refractivity contribution in [1.29, 1.82) is 0 Å². The van der Waals surface area contributed by atoms with E-state index < -0.39 is 5.97 Å². The second-order valence-corrected chi connectivity index (χ2v) is 5.36. The number of nitrogens with zero attached hydrogens (tertiary/aromatic N) is 2. The minimum absolute atomic E-state index is 0.00982. The van der Waals surface area contributed by atoms with Crippen LogP contribution in [0.5, 0.6) is 11.8 Å². The Morgan fingerprint density at radius 2 is 2.00 bits per heavy atom. The maximum Gasteiger partial charge on any atom is 0.339 e. The highest BCUT2D eigenvalue weighted by Gasteiger charge is 2.15. The van der Waals surface area contributed by atoms with E-state index in [2.05, 4.69) is 9.97 Å². The Labute approximate surface area is 127 Å². The van der Waals surface area contributed by atoms with Gasteiger partial charge in [0.2, 0.25) is 0 Å². The number of carboxylic acid groups (broad SMARTS) is 1. The smallest absolute Gasteiger partial charge is 0.339 e. The Hall–Kier alpha value is -2.14. The van der Waals surface area contributed by atoms with Gasteiger partial charge in [0.05, 0.1) is 5.69 Å². The first-order chi connectivity index (χ1) is 9.86. The molecule has 0 amide bonds. The highest BCUT2D eigenvalue weighted by molar-refractivity contribution is 6.30. The molecular formula is C15H15ClN2O3. The van der Waals surface area contributed by atoms with Crippen LogP contribution in [-0.2, 0) is 0 Å². The van der Waals surface area contributed by atoms with Crippen LogP contribution >= 0.6 is 11.6 Å². The number of hydrogen-bond acceptors (Lipinski definition) is 4. The van der Waals surface area contributed by atoms with Crippen molar-refractivity contribution in [3.8, 4) is 11.8 Å². The minimum atomic E-state index is -1.10. The lowest BCUT2D eigenvalue weighted by molar-refractivity contribution is 0.0694. The topological polar surface area (TPSA) is 72.3 Å². The summed E-state index contributed by atoms with van der Waals surface area (Å²) in [7, 11) is 0. The molecule has 0 radical (unpaired) electrons. The number of carbonyl (C=O) groups is 1. The SMILES string of the molecule is Cc1cc(C(C)C)nc(Oc2cc(Cl)ccc2C(=O)O)n1. The standard InChI is InChI=1S/C15H15ClN2O3/c1-8(2)12-6-9(3)17-15(18-12)21-13-7-10(16)4-5-11(13)14(19)20/h4-8H,1-3H3,(H,19,20). The van der Waals surface area contributed by atoms with E-state index in [0.29, 0.717) is 5.02 Å². The third-order valence-corrected chi connectivity index (χ3v) is 3.06. The predicted octanol–water partition coefficient (Wildman–Crippen LogP) is 4.05. The van der Waals surface area contributed by atoms with Crippen LogP contribution in [0.2, 0.25) is 5.02 Å². The monoisotopic (exact) mass is 306 g/mol. The zero-order chi connectivity index (χ0) is 15.6. The molecule has 110 valence electrons. The zero-order valence-corrected chi connectivity index (χ0v) is 12.7. The number of rotatable bonds is 4. The summed E-state index contributed by atoms with van der Waals surface area (Å²) in [6, 6.07) is 6.30. The van der Waals surface area contributed by atoms with Crippen LogP contribution in [0.1, 0.15) is 41.5 Å². The molecule has 6 heteroatoms. The van der Waals surface area contributed by atoms with Gasteiger partial charge in [-0.3, -0.25) is 0 Å². The largest absolute Gasteiger partial charge is 0.478 e. The highest BCUT2D eigenvalue weighted by Crippen LogP contribution is 2.27. The Kier molecular flexibility index (Phi) is 4.43. The number of carboxylic acids is 1. The van der Waals surface area contributed by atoms with Crippen molar-refractivity contribution in [1.82, 2.24) is 9.97 Å². The van der Waals surface area contributed by atoms with Gasteiger partial charge < -0.3 is 9.84 Å². The first-order valence-electron chi connectivity index (χ1n) is 6.43. The fourth-order valence-corrected chi connectivity index (χ4v) is 1.92. The first kappa shape index (κ1) is 15.3. The van der Waals surface area contributed by atoms with E-state index in [1.807, 2.05) is 26.8 Å². The molecule has 0 bridgehead atoms. The molecule has 0 aliphatic rings. The summed E-state index contributed by atoms with van der Waals surface area (Å²) < 4.78 is 5.54. The van der Waals surface area contributed by atoms with E-state index in [1.165, 1.54) is 18.2 Å². The molecule has 0 spiro atoms. The number of aryl methyl sites for hydroxylation is 1. The fourth-order valence-electron chi connectivity index (χ4n) is 1.76. The molecular weight excluding hydrogens is 292 g/mol. The van der Waals surface area contributed by atoms with Crippen molar-refractivity contribution in [3.05, 3.63) is 46.2 Å². The first-order valence-corrected chi connectivity index (χ1v) is 6.81. The van der Waals surface area contributed by atoms with E-state index in [0.717, 1.165) is 11.4 Å². The van der Waals surface area contributed by atoms with Gasteiger partial charge in [-0.2, -0.15) is 4.98 Å².